The van der Waals surface area contributed by atoms with Crippen molar-refractivity contribution in [3.8, 4) is 0 Å². The average Bonchev–Trinajstić information content (AvgIpc) is 2.38. The summed E-state index contributed by atoms with van der Waals surface area (Å²) in [6.45, 7) is 3.86. The SMILES string of the molecule is CCOC(=O)[C@@H]1CCNC[C@@H]1OC.O=C(O)C(F)(F)F. The third kappa shape index (κ3) is 6.71. The van der Waals surface area contributed by atoms with E-state index in [0.717, 1.165) is 19.5 Å². The molecule has 1 aliphatic rings. The predicted molar refractivity (Wildman–Crippen MR) is 62.1 cm³/mol. The van der Waals surface area contributed by atoms with Crippen LogP contribution in [0.2, 0.25) is 0 Å². The molecule has 1 fully saturated rings. The molecule has 20 heavy (non-hydrogen) atoms. The van der Waals surface area contributed by atoms with E-state index in [1.54, 1.807) is 7.11 Å². The summed E-state index contributed by atoms with van der Waals surface area (Å²) in [4.78, 5) is 20.3. The van der Waals surface area contributed by atoms with Gasteiger partial charge in [0, 0.05) is 13.7 Å². The van der Waals surface area contributed by atoms with Crippen molar-refractivity contribution in [2.45, 2.75) is 25.6 Å². The fraction of sp³-hybridized carbons (Fsp3) is 0.818. The van der Waals surface area contributed by atoms with Gasteiger partial charge in [-0.1, -0.05) is 0 Å². The molecular weight excluding hydrogens is 283 g/mol. The van der Waals surface area contributed by atoms with Crippen molar-refractivity contribution in [1.82, 2.24) is 5.32 Å². The first-order valence-electron chi connectivity index (χ1n) is 5.94. The Balaban J connectivity index is 0.000000441. The molecule has 1 saturated heterocycles. The van der Waals surface area contributed by atoms with Gasteiger partial charge in [-0.15, -0.1) is 0 Å². The second-order valence-corrected chi connectivity index (χ2v) is 3.93. The molecule has 1 aliphatic heterocycles. The highest BCUT2D eigenvalue weighted by atomic mass is 19.4. The van der Waals surface area contributed by atoms with Gasteiger partial charge in [-0.3, -0.25) is 4.79 Å². The zero-order valence-corrected chi connectivity index (χ0v) is 11.2. The van der Waals surface area contributed by atoms with Gasteiger partial charge in [-0.25, -0.2) is 4.79 Å². The first kappa shape index (κ1) is 18.7. The number of halogens is 3. The minimum atomic E-state index is -5.08. The minimum absolute atomic E-state index is 0.0344. The fourth-order valence-corrected chi connectivity index (χ4v) is 1.60. The fourth-order valence-electron chi connectivity index (χ4n) is 1.60. The maximum atomic E-state index is 11.4. The number of carbonyl (C=O) groups is 2. The Morgan fingerprint density at radius 1 is 1.40 bits per heavy atom. The summed E-state index contributed by atoms with van der Waals surface area (Å²) in [5, 5.41) is 10.3. The number of carboxylic acids is 1. The van der Waals surface area contributed by atoms with Crippen LogP contribution in [0, 0.1) is 5.92 Å². The lowest BCUT2D eigenvalue weighted by Crippen LogP contribution is -2.45. The highest BCUT2D eigenvalue weighted by Gasteiger charge is 2.38. The molecule has 0 amide bonds. The summed E-state index contributed by atoms with van der Waals surface area (Å²) in [7, 11) is 1.63. The molecular formula is C11H18F3NO5. The summed E-state index contributed by atoms with van der Waals surface area (Å²) in [6.07, 6.45) is -4.31. The quantitative estimate of drug-likeness (QED) is 0.750. The van der Waals surface area contributed by atoms with Crippen LogP contribution in [-0.4, -0.2) is 56.1 Å². The molecule has 118 valence electrons. The molecule has 2 atom stereocenters. The molecule has 0 radical (unpaired) electrons. The number of hydrogen-bond donors (Lipinski definition) is 2. The standard InChI is InChI=1S/C9H17NO3.C2HF3O2/c1-3-13-9(11)7-4-5-10-6-8(7)12-2;3-2(4,5)1(6)7/h7-8,10H,3-6H2,1-2H3;(H,6,7)/t7-,8+;/m1./s1. The van der Waals surface area contributed by atoms with Gasteiger partial charge in [0.25, 0.3) is 0 Å². The largest absolute Gasteiger partial charge is 0.490 e. The van der Waals surface area contributed by atoms with Gasteiger partial charge in [-0.05, 0) is 19.9 Å². The predicted octanol–water partition coefficient (Wildman–Crippen LogP) is 0.807. The summed E-state index contributed by atoms with van der Waals surface area (Å²) in [6, 6.07) is 0. The highest BCUT2D eigenvalue weighted by molar-refractivity contribution is 5.73. The first-order valence-corrected chi connectivity index (χ1v) is 5.94. The number of nitrogens with one attached hydrogen (secondary N) is 1. The number of hydrogen-bond acceptors (Lipinski definition) is 5. The Kier molecular flexibility index (Phi) is 8.16. The van der Waals surface area contributed by atoms with E-state index in [1.165, 1.54) is 0 Å². The number of piperidine rings is 1. The third-order valence-corrected chi connectivity index (χ3v) is 2.56. The van der Waals surface area contributed by atoms with Crippen molar-refractivity contribution < 1.29 is 37.3 Å². The molecule has 0 aromatic heterocycles. The maximum Gasteiger partial charge on any atom is 0.490 e. The summed E-state index contributed by atoms with van der Waals surface area (Å²) in [5.41, 5.74) is 0. The molecule has 1 rings (SSSR count). The van der Waals surface area contributed by atoms with Crippen LogP contribution in [-0.2, 0) is 19.1 Å². The number of methoxy groups -OCH3 is 1. The summed E-state index contributed by atoms with van der Waals surface area (Å²) >= 11 is 0. The monoisotopic (exact) mass is 301 g/mol. The van der Waals surface area contributed by atoms with E-state index in [4.69, 9.17) is 19.4 Å². The van der Waals surface area contributed by atoms with Gasteiger partial charge in [0.15, 0.2) is 0 Å². The van der Waals surface area contributed by atoms with Crippen LogP contribution in [0.25, 0.3) is 0 Å². The lowest BCUT2D eigenvalue weighted by atomic mass is 9.95. The molecule has 2 N–H and O–H groups in total. The zero-order valence-electron chi connectivity index (χ0n) is 11.2. The number of rotatable bonds is 3. The van der Waals surface area contributed by atoms with Crippen molar-refractivity contribution in [2.24, 2.45) is 5.92 Å². The second-order valence-electron chi connectivity index (χ2n) is 3.93. The van der Waals surface area contributed by atoms with Crippen LogP contribution in [0.3, 0.4) is 0 Å². The summed E-state index contributed by atoms with van der Waals surface area (Å²) < 4.78 is 41.9. The van der Waals surface area contributed by atoms with E-state index < -0.39 is 12.1 Å². The van der Waals surface area contributed by atoms with Gasteiger partial charge < -0.3 is 19.9 Å². The highest BCUT2D eigenvalue weighted by Crippen LogP contribution is 2.16. The molecule has 0 bridgehead atoms. The molecule has 9 heteroatoms. The second kappa shape index (κ2) is 8.75. The molecule has 0 aliphatic carbocycles. The van der Waals surface area contributed by atoms with Crippen molar-refractivity contribution in [2.75, 3.05) is 26.8 Å². The van der Waals surface area contributed by atoms with Gasteiger partial charge >= 0.3 is 18.1 Å². The zero-order chi connectivity index (χ0) is 15.8. The molecule has 0 aromatic rings. The van der Waals surface area contributed by atoms with Crippen LogP contribution < -0.4 is 5.32 Å². The van der Waals surface area contributed by atoms with Crippen molar-refractivity contribution >= 4 is 11.9 Å². The number of ether oxygens (including phenoxy) is 2. The van der Waals surface area contributed by atoms with Crippen LogP contribution in [0.5, 0.6) is 0 Å². The molecule has 1 heterocycles. The first-order chi connectivity index (χ1) is 9.23. The van der Waals surface area contributed by atoms with Crippen molar-refractivity contribution in [3.05, 3.63) is 0 Å². The maximum absolute atomic E-state index is 11.4. The van der Waals surface area contributed by atoms with Crippen LogP contribution in [0.1, 0.15) is 13.3 Å². The average molecular weight is 301 g/mol. The Labute approximate surface area is 114 Å². The Bertz CT molecular complexity index is 322. The Morgan fingerprint density at radius 2 is 1.95 bits per heavy atom. The van der Waals surface area contributed by atoms with Crippen LogP contribution in [0.4, 0.5) is 13.2 Å². The topological polar surface area (TPSA) is 84.9 Å². The van der Waals surface area contributed by atoms with Crippen molar-refractivity contribution in [3.63, 3.8) is 0 Å². The Morgan fingerprint density at radius 3 is 2.35 bits per heavy atom. The van der Waals surface area contributed by atoms with E-state index in [1.807, 2.05) is 6.92 Å². The van der Waals surface area contributed by atoms with Crippen LogP contribution >= 0.6 is 0 Å². The summed E-state index contributed by atoms with van der Waals surface area (Å²) in [5.74, 6) is -2.98. The number of aliphatic carboxylic acids is 1. The van der Waals surface area contributed by atoms with Crippen LogP contribution in [0.15, 0.2) is 0 Å². The normalized spacial score (nSPS) is 22.4. The van der Waals surface area contributed by atoms with Gasteiger partial charge in [0.1, 0.15) is 0 Å². The van der Waals surface area contributed by atoms with Gasteiger partial charge in [-0.2, -0.15) is 13.2 Å². The van der Waals surface area contributed by atoms with E-state index >= 15 is 0 Å². The van der Waals surface area contributed by atoms with Gasteiger partial charge in [0.05, 0.1) is 18.6 Å². The van der Waals surface area contributed by atoms with E-state index in [9.17, 15) is 18.0 Å². The van der Waals surface area contributed by atoms with Crippen molar-refractivity contribution in [1.29, 1.82) is 0 Å². The molecule has 0 unspecified atom stereocenters. The number of carbonyl (C=O) groups excluding carboxylic acids is 1. The lowest BCUT2D eigenvalue weighted by Gasteiger charge is -2.29. The number of esters is 1. The van der Waals surface area contributed by atoms with Gasteiger partial charge in [0.2, 0.25) is 0 Å². The lowest BCUT2D eigenvalue weighted by molar-refractivity contribution is -0.192. The molecule has 0 spiro atoms. The third-order valence-electron chi connectivity index (χ3n) is 2.56. The molecule has 6 nitrogen and oxygen atoms in total. The molecule has 0 saturated carbocycles. The van der Waals surface area contributed by atoms with E-state index in [2.05, 4.69) is 5.32 Å². The Hall–Kier alpha value is -1.35. The van der Waals surface area contributed by atoms with E-state index in [0.29, 0.717) is 6.61 Å². The number of alkyl halides is 3. The number of carboxylic acid groups (broad SMARTS) is 1. The molecule has 0 aromatic carbocycles. The van der Waals surface area contributed by atoms with E-state index in [-0.39, 0.29) is 18.0 Å². The minimum Gasteiger partial charge on any atom is -0.475 e. The smallest absolute Gasteiger partial charge is 0.475 e.